The summed E-state index contributed by atoms with van der Waals surface area (Å²) in [5.74, 6) is -0.934. The van der Waals surface area contributed by atoms with E-state index in [2.05, 4.69) is 0 Å². The third-order valence-electron chi connectivity index (χ3n) is 3.87. The largest absolute Gasteiger partial charge is 0.618 e. The lowest BCUT2D eigenvalue weighted by molar-refractivity contribution is -0.593. The van der Waals surface area contributed by atoms with Crippen molar-refractivity contribution >= 4 is 11.5 Å². The topological polar surface area (TPSA) is 70.0 Å². The minimum atomic E-state index is -0.506. The zero-order chi connectivity index (χ0) is 17.3. The first-order chi connectivity index (χ1) is 11.5. The summed E-state index contributed by atoms with van der Waals surface area (Å²) >= 11 is 0. The Morgan fingerprint density at radius 1 is 1.12 bits per heavy atom. The number of aryl methyl sites for hydroxylation is 1. The van der Waals surface area contributed by atoms with Crippen LogP contribution in [0.2, 0.25) is 0 Å². The standard InChI is InChI=1S/C19H15FN2O2/c1-12-5-2-3-8-15(12)18-17(21)16(9-10-22(18)24)19(23)13-6-4-7-14(20)11-13/h2-11H,21H2,1H3. The van der Waals surface area contributed by atoms with Gasteiger partial charge in [-0.15, -0.1) is 0 Å². The van der Waals surface area contributed by atoms with Crippen LogP contribution >= 0.6 is 0 Å². The van der Waals surface area contributed by atoms with Crippen molar-refractivity contribution in [1.82, 2.24) is 0 Å². The molecule has 0 unspecified atom stereocenters. The number of hydrogen-bond acceptors (Lipinski definition) is 3. The van der Waals surface area contributed by atoms with E-state index in [0.29, 0.717) is 10.3 Å². The maximum Gasteiger partial charge on any atom is 0.247 e. The molecule has 0 saturated heterocycles. The van der Waals surface area contributed by atoms with Crippen LogP contribution in [0.25, 0.3) is 11.3 Å². The highest BCUT2D eigenvalue weighted by Gasteiger charge is 2.23. The van der Waals surface area contributed by atoms with Crippen LogP contribution in [0, 0.1) is 17.9 Å². The fraction of sp³-hybridized carbons (Fsp3) is 0.0526. The quantitative estimate of drug-likeness (QED) is 0.457. The van der Waals surface area contributed by atoms with Gasteiger partial charge in [-0.25, -0.2) is 4.39 Å². The Kier molecular flexibility index (Phi) is 4.00. The molecule has 0 fully saturated rings. The summed E-state index contributed by atoms with van der Waals surface area (Å²) in [6, 6.07) is 14.0. The monoisotopic (exact) mass is 322 g/mol. The van der Waals surface area contributed by atoms with Crippen molar-refractivity contribution in [2.45, 2.75) is 6.92 Å². The Balaban J connectivity index is 2.17. The summed E-state index contributed by atoms with van der Waals surface area (Å²) in [5, 5.41) is 12.2. The molecule has 120 valence electrons. The number of benzene rings is 2. The smallest absolute Gasteiger partial charge is 0.247 e. The number of halogens is 1. The fourth-order valence-electron chi connectivity index (χ4n) is 2.64. The van der Waals surface area contributed by atoms with Crippen LogP contribution in [0.15, 0.2) is 60.8 Å². The van der Waals surface area contributed by atoms with Gasteiger partial charge in [-0.2, -0.15) is 4.73 Å². The number of ketones is 1. The summed E-state index contributed by atoms with van der Waals surface area (Å²) < 4.78 is 14.0. The van der Waals surface area contributed by atoms with E-state index in [1.165, 1.54) is 30.5 Å². The highest BCUT2D eigenvalue weighted by molar-refractivity contribution is 6.13. The van der Waals surface area contributed by atoms with E-state index in [9.17, 15) is 14.4 Å². The number of carbonyl (C=O) groups excluding carboxylic acids is 1. The second kappa shape index (κ2) is 6.12. The molecule has 2 N–H and O–H groups in total. The van der Waals surface area contributed by atoms with Crippen LogP contribution < -0.4 is 10.5 Å². The highest BCUT2D eigenvalue weighted by Crippen LogP contribution is 2.28. The first-order valence-corrected chi connectivity index (χ1v) is 7.37. The molecule has 0 aliphatic heterocycles. The third-order valence-corrected chi connectivity index (χ3v) is 3.87. The van der Waals surface area contributed by atoms with Crippen LogP contribution in [0.1, 0.15) is 21.5 Å². The molecule has 0 radical (unpaired) electrons. The number of nitrogens with two attached hydrogens (primary N) is 1. The van der Waals surface area contributed by atoms with Gasteiger partial charge in [-0.05, 0) is 30.7 Å². The molecule has 0 aliphatic carbocycles. The number of hydrogen-bond donors (Lipinski definition) is 1. The summed E-state index contributed by atoms with van der Waals surface area (Å²) in [5.41, 5.74) is 8.29. The highest BCUT2D eigenvalue weighted by atomic mass is 19.1. The van der Waals surface area contributed by atoms with Gasteiger partial charge in [0.05, 0.1) is 11.1 Å². The lowest BCUT2D eigenvalue weighted by Gasteiger charge is -2.12. The van der Waals surface area contributed by atoms with Gasteiger partial charge in [0.2, 0.25) is 5.69 Å². The van der Waals surface area contributed by atoms with Crippen LogP contribution in [0.4, 0.5) is 10.1 Å². The molecule has 0 bridgehead atoms. The molecular formula is C19H15FN2O2. The van der Waals surface area contributed by atoms with E-state index in [-0.39, 0.29) is 22.5 Å². The molecule has 0 aliphatic rings. The number of rotatable bonds is 3. The van der Waals surface area contributed by atoms with E-state index in [0.717, 1.165) is 11.6 Å². The summed E-state index contributed by atoms with van der Waals surface area (Å²) in [6.45, 7) is 1.86. The molecule has 1 aromatic heterocycles. The Hall–Kier alpha value is -3.21. The molecule has 2 aromatic carbocycles. The second-order valence-corrected chi connectivity index (χ2v) is 5.47. The molecule has 0 atom stereocenters. The molecule has 0 saturated carbocycles. The van der Waals surface area contributed by atoms with Crippen molar-refractivity contribution < 1.29 is 13.9 Å². The maximum absolute atomic E-state index is 13.4. The molecule has 5 heteroatoms. The predicted molar refractivity (Wildman–Crippen MR) is 89.8 cm³/mol. The van der Waals surface area contributed by atoms with Crippen LogP contribution in [-0.4, -0.2) is 5.78 Å². The molecule has 3 rings (SSSR count). The third kappa shape index (κ3) is 2.72. The average molecular weight is 322 g/mol. The first-order valence-electron chi connectivity index (χ1n) is 7.37. The number of nitrogen functional groups attached to an aromatic ring is 1. The van der Waals surface area contributed by atoms with Gasteiger partial charge in [0.25, 0.3) is 0 Å². The van der Waals surface area contributed by atoms with Gasteiger partial charge >= 0.3 is 0 Å². The Labute approximate surface area is 138 Å². The zero-order valence-electron chi connectivity index (χ0n) is 13.0. The average Bonchev–Trinajstić information content (AvgIpc) is 2.56. The summed E-state index contributed by atoms with van der Waals surface area (Å²) in [7, 11) is 0. The van der Waals surface area contributed by atoms with Gasteiger partial charge < -0.3 is 10.9 Å². The van der Waals surface area contributed by atoms with E-state index in [1.54, 1.807) is 12.1 Å². The first kappa shape index (κ1) is 15.7. The molecule has 0 amide bonds. The minimum Gasteiger partial charge on any atom is -0.618 e. The summed E-state index contributed by atoms with van der Waals surface area (Å²) in [4.78, 5) is 12.6. The lowest BCUT2D eigenvalue weighted by atomic mass is 9.97. The minimum absolute atomic E-state index is 0.0797. The van der Waals surface area contributed by atoms with Crippen molar-refractivity contribution in [1.29, 1.82) is 0 Å². The SMILES string of the molecule is Cc1ccccc1-c1c(N)c(C(=O)c2cccc(F)c2)cc[n+]1[O-]. The molecule has 4 nitrogen and oxygen atoms in total. The van der Waals surface area contributed by atoms with Crippen molar-refractivity contribution in [2.75, 3.05) is 5.73 Å². The van der Waals surface area contributed by atoms with Gasteiger partial charge in [0.15, 0.2) is 12.0 Å². The second-order valence-electron chi connectivity index (χ2n) is 5.47. The lowest BCUT2D eigenvalue weighted by Crippen LogP contribution is -2.31. The van der Waals surface area contributed by atoms with Crippen molar-refractivity contribution in [2.24, 2.45) is 0 Å². The molecule has 1 heterocycles. The van der Waals surface area contributed by atoms with Crippen molar-refractivity contribution in [3.63, 3.8) is 0 Å². The number of anilines is 1. The predicted octanol–water partition coefficient (Wildman–Crippen LogP) is 3.25. The molecule has 3 aromatic rings. The Bertz CT molecular complexity index is 938. The number of pyridine rings is 1. The Morgan fingerprint density at radius 2 is 1.88 bits per heavy atom. The number of nitrogens with zero attached hydrogens (tertiary/aromatic N) is 1. The van der Waals surface area contributed by atoms with Gasteiger partial charge in [-0.3, -0.25) is 4.79 Å². The summed E-state index contributed by atoms with van der Waals surface area (Å²) in [6.07, 6.45) is 1.24. The van der Waals surface area contributed by atoms with Crippen LogP contribution in [0.3, 0.4) is 0 Å². The molecule has 0 spiro atoms. The van der Waals surface area contributed by atoms with Crippen LogP contribution in [0.5, 0.6) is 0 Å². The van der Waals surface area contributed by atoms with Crippen molar-refractivity contribution in [3.8, 4) is 11.3 Å². The van der Waals surface area contributed by atoms with Gasteiger partial charge in [-0.1, -0.05) is 30.3 Å². The Morgan fingerprint density at radius 3 is 2.58 bits per heavy atom. The van der Waals surface area contributed by atoms with E-state index in [1.807, 2.05) is 19.1 Å². The van der Waals surface area contributed by atoms with Crippen LogP contribution in [-0.2, 0) is 0 Å². The number of carbonyl (C=O) groups is 1. The molecular weight excluding hydrogens is 307 g/mol. The maximum atomic E-state index is 13.4. The zero-order valence-corrected chi connectivity index (χ0v) is 13.0. The van der Waals surface area contributed by atoms with E-state index >= 15 is 0 Å². The van der Waals surface area contributed by atoms with Gasteiger partial charge in [0, 0.05) is 11.6 Å². The van der Waals surface area contributed by atoms with Gasteiger partial charge in [0.1, 0.15) is 11.5 Å². The van der Waals surface area contributed by atoms with E-state index in [4.69, 9.17) is 5.73 Å². The van der Waals surface area contributed by atoms with E-state index < -0.39 is 11.6 Å². The number of aromatic nitrogens is 1. The molecule has 24 heavy (non-hydrogen) atoms. The fourth-order valence-corrected chi connectivity index (χ4v) is 2.64. The van der Waals surface area contributed by atoms with Crippen molar-refractivity contribution in [3.05, 3.63) is 88.5 Å². The normalized spacial score (nSPS) is 10.6.